The highest BCUT2D eigenvalue weighted by Crippen LogP contribution is 2.17. The first kappa shape index (κ1) is 11.5. The van der Waals surface area contributed by atoms with Crippen LogP contribution in [0.1, 0.15) is 26.7 Å². The zero-order valence-electron chi connectivity index (χ0n) is 9.25. The fraction of sp³-hybridized carbons (Fsp3) is 0.900. The molecule has 2 N–H and O–H groups in total. The molecule has 1 atom stereocenters. The number of ether oxygens (including phenoxy) is 1. The molecule has 14 heavy (non-hydrogen) atoms. The van der Waals surface area contributed by atoms with Crippen molar-refractivity contribution >= 4 is 5.91 Å². The molecule has 1 amide bonds. The van der Waals surface area contributed by atoms with Gasteiger partial charge in [-0.2, -0.15) is 0 Å². The molecule has 1 rings (SSSR count). The van der Waals surface area contributed by atoms with Crippen molar-refractivity contribution in [3.05, 3.63) is 0 Å². The summed E-state index contributed by atoms with van der Waals surface area (Å²) >= 11 is 0. The van der Waals surface area contributed by atoms with Crippen LogP contribution in [0.3, 0.4) is 0 Å². The van der Waals surface area contributed by atoms with Gasteiger partial charge in [-0.05, 0) is 20.3 Å². The van der Waals surface area contributed by atoms with Crippen LogP contribution in [-0.4, -0.2) is 42.6 Å². The lowest BCUT2D eigenvalue weighted by Gasteiger charge is -2.25. The van der Waals surface area contributed by atoms with Crippen molar-refractivity contribution in [2.24, 2.45) is 5.73 Å². The monoisotopic (exact) mass is 200 g/mol. The molecule has 0 radical (unpaired) electrons. The number of carbonyl (C=O) groups is 1. The first-order chi connectivity index (χ1) is 6.44. The Morgan fingerprint density at radius 1 is 1.64 bits per heavy atom. The summed E-state index contributed by atoms with van der Waals surface area (Å²) in [4.78, 5) is 13.6. The number of amides is 1. The van der Waals surface area contributed by atoms with Gasteiger partial charge in [-0.25, -0.2) is 0 Å². The Morgan fingerprint density at radius 3 is 2.71 bits per heavy atom. The Balaban J connectivity index is 2.43. The Kier molecular flexibility index (Phi) is 3.50. The second kappa shape index (κ2) is 4.28. The molecule has 1 aliphatic rings. The van der Waals surface area contributed by atoms with Crippen LogP contribution < -0.4 is 5.73 Å². The van der Waals surface area contributed by atoms with Crippen molar-refractivity contribution < 1.29 is 9.53 Å². The van der Waals surface area contributed by atoms with Crippen LogP contribution >= 0.6 is 0 Å². The molecular weight excluding hydrogens is 180 g/mol. The molecular formula is C10H20N2O2. The van der Waals surface area contributed by atoms with Crippen LogP contribution in [0, 0.1) is 0 Å². The molecule has 0 aromatic heterocycles. The predicted octanol–water partition coefficient (Wildman–Crippen LogP) is 0.361. The number of nitrogens with zero attached hydrogens (tertiary/aromatic N) is 1. The molecule has 4 nitrogen and oxygen atoms in total. The number of rotatable bonds is 3. The van der Waals surface area contributed by atoms with E-state index < -0.39 is 0 Å². The van der Waals surface area contributed by atoms with Gasteiger partial charge in [0.1, 0.15) is 0 Å². The van der Waals surface area contributed by atoms with E-state index in [-0.39, 0.29) is 17.6 Å². The van der Waals surface area contributed by atoms with Crippen LogP contribution in [-0.2, 0) is 9.53 Å². The van der Waals surface area contributed by atoms with Gasteiger partial charge in [0, 0.05) is 26.2 Å². The number of nitrogens with two attached hydrogens (primary N) is 1. The molecule has 1 fully saturated rings. The molecule has 1 aliphatic heterocycles. The minimum absolute atomic E-state index is 0.143. The fourth-order valence-electron chi connectivity index (χ4n) is 1.56. The van der Waals surface area contributed by atoms with E-state index in [0.29, 0.717) is 13.0 Å². The average molecular weight is 200 g/mol. The molecule has 0 saturated carbocycles. The molecule has 0 aromatic rings. The maximum Gasteiger partial charge on any atom is 0.225 e. The van der Waals surface area contributed by atoms with Crippen LogP contribution in [0.2, 0.25) is 0 Å². The normalized spacial score (nSPS) is 22.9. The van der Waals surface area contributed by atoms with Gasteiger partial charge < -0.3 is 15.4 Å². The summed E-state index contributed by atoms with van der Waals surface area (Å²) in [6.45, 7) is 5.32. The second-order valence-electron chi connectivity index (χ2n) is 4.53. The molecule has 0 aromatic carbocycles. The first-order valence-corrected chi connectivity index (χ1v) is 5.03. The van der Waals surface area contributed by atoms with Crippen molar-refractivity contribution in [1.82, 2.24) is 4.90 Å². The minimum Gasteiger partial charge on any atom is -0.378 e. The summed E-state index contributed by atoms with van der Waals surface area (Å²) in [5, 5.41) is 0. The minimum atomic E-state index is -0.371. The molecule has 0 unspecified atom stereocenters. The predicted molar refractivity (Wildman–Crippen MR) is 54.9 cm³/mol. The van der Waals surface area contributed by atoms with Gasteiger partial charge in [-0.1, -0.05) is 0 Å². The van der Waals surface area contributed by atoms with E-state index in [0.717, 1.165) is 13.0 Å². The molecule has 82 valence electrons. The van der Waals surface area contributed by atoms with E-state index in [9.17, 15) is 4.79 Å². The van der Waals surface area contributed by atoms with Gasteiger partial charge in [0.05, 0.1) is 12.0 Å². The van der Waals surface area contributed by atoms with E-state index >= 15 is 0 Å². The summed E-state index contributed by atoms with van der Waals surface area (Å²) < 4.78 is 5.22. The summed E-state index contributed by atoms with van der Waals surface area (Å²) in [6.07, 6.45) is 1.34. The number of methoxy groups -OCH3 is 1. The second-order valence-corrected chi connectivity index (χ2v) is 4.53. The van der Waals surface area contributed by atoms with Crippen LogP contribution in [0.5, 0.6) is 0 Å². The molecule has 0 spiro atoms. The van der Waals surface area contributed by atoms with E-state index in [1.54, 1.807) is 7.11 Å². The summed E-state index contributed by atoms with van der Waals surface area (Å²) in [6, 6.07) is 0.157. The van der Waals surface area contributed by atoms with Crippen molar-refractivity contribution in [1.29, 1.82) is 0 Å². The fourth-order valence-corrected chi connectivity index (χ4v) is 1.56. The third-order valence-corrected chi connectivity index (χ3v) is 2.71. The van der Waals surface area contributed by atoms with E-state index in [1.807, 2.05) is 18.7 Å². The summed E-state index contributed by atoms with van der Waals surface area (Å²) in [5.41, 5.74) is 5.36. The van der Waals surface area contributed by atoms with Gasteiger partial charge >= 0.3 is 0 Å². The van der Waals surface area contributed by atoms with E-state index in [4.69, 9.17) is 10.5 Å². The summed E-state index contributed by atoms with van der Waals surface area (Å²) in [7, 11) is 1.63. The van der Waals surface area contributed by atoms with Gasteiger partial charge in [-0.3, -0.25) is 4.79 Å². The van der Waals surface area contributed by atoms with Gasteiger partial charge in [-0.15, -0.1) is 0 Å². The smallest absolute Gasteiger partial charge is 0.225 e. The number of likely N-dealkylation sites (tertiary alicyclic amines) is 1. The lowest BCUT2D eigenvalue weighted by atomic mass is 10.0. The molecule has 0 aliphatic carbocycles. The van der Waals surface area contributed by atoms with E-state index in [1.165, 1.54) is 0 Å². The van der Waals surface area contributed by atoms with Gasteiger partial charge in [0.2, 0.25) is 5.91 Å². The summed E-state index contributed by atoms with van der Waals surface area (Å²) in [5.74, 6) is 0.143. The Morgan fingerprint density at radius 2 is 2.29 bits per heavy atom. The third kappa shape index (κ3) is 2.96. The third-order valence-electron chi connectivity index (χ3n) is 2.71. The zero-order valence-corrected chi connectivity index (χ0v) is 9.25. The largest absolute Gasteiger partial charge is 0.378 e. The standard InChI is InChI=1S/C10H20N2O2/c1-10(2,14-3)6-9(13)12-5-4-8(11)7-12/h8H,4-7,11H2,1-3H3/t8-/m1/s1. The van der Waals surface area contributed by atoms with Crippen molar-refractivity contribution in [2.75, 3.05) is 20.2 Å². The molecule has 0 bridgehead atoms. The zero-order chi connectivity index (χ0) is 10.8. The van der Waals surface area contributed by atoms with Gasteiger partial charge in [0.25, 0.3) is 0 Å². The highest BCUT2D eigenvalue weighted by Gasteiger charge is 2.28. The number of hydrogen-bond donors (Lipinski definition) is 1. The highest BCUT2D eigenvalue weighted by atomic mass is 16.5. The number of carbonyl (C=O) groups excluding carboxylic acids is 1. The van der Waals surface area contributed by atoms with Crippen LogP contribution in [0.15, 0.2) is 0 Å². The Labute approximate surface area is 85.4 Å². The maximum absolute atomic E-state index is 11.8. The molecule has 1 heterocycles. The van der Waals surface area contributed by atoms with Crippen molar-refractivity contribution in [3.8, 4) is 0 Å². The van der Waals surface area contributed by atoms with Crippen molar-refractivity contribution in [3.63, 3.8) is 0 Å². The topological polar surface area (TPSA) is 55.6 Å². The maximum atomic E-state index is 11.8. The first-order valence-electron chi connectivity index (χ1n) is 5.03. The van der Waals surface area contributed by atoms with Crippen LogP contribution in [0.25, 0.3) is 0 Å². The SMILES string of the molecule is COC(C)(C)CC(=O)N1CC[C@@H](N)C1. The van der Waals surface area contributed by atoms with E-state index in [2.05, 4.69) is 0 Å². The lowest BCUT2D eigenvalue weighted by Crippen LogP contribution is -2.37. The van der Waals surface area contributed by atoms with Crippen molar-refractivity contribution in [2.45, 2.75) is 38.3 Å². The average Bonchev–Trinajstić information content (AvgIpc) is 2.51. The molecule has 1 saturated heterocycles. The molecule has 4 heteroatoms. The lowest BCUT2D eigenvalue weighted by molar-refractivity contribution is -0.135. The van der Waals surface area contributed by atoms with Gasteiger partial charge in [0.15, 0.2) is 0 Å². The highest BCUT2D eigenvalue weighted by molar-refractivity contribution is 5.77. The Hall–Kier alpha value is -0.610. The Bertz CT molecular complexity index is 216. The quantitative estimate of drug-likeness (QED) is 0.715. The number of hydrogen-bond acceptors (Lipinski definition) is 3. The van der Waals surface area contributed by atoms with Crippen LogP contribution in [0.4, 0.5) is 0 Å².